The van der Waals surface area contributed by atoms with E-state index < -0.39 is 5.60 Å². The smallest absolute Gasteiger partial charge is 0.270 e. The SMILES string of the molecule is CN(CC(C)(C)O)C(=O)c1cc(Cl)cn1C1CC1. The number of carbonyl (C=O) groups is 1. The van der Waals surface area contributed by atoms with Crippen LogP contribution in [0.1, 0.15) is 43.2 Å². The third-order valence-corrected chi connectivity index (χ3v) is 3.15. The van der Waals surface area contributed by atoms with Crippen molar-refractivity contribution in [2.75, 3.05) is 13.6 Å². The molecular weight excluding hydrogens is 252 g/mol. The quantitative estimate of drug-likeness (QED) is 0.913. The average molecular weight is 271 g/mol. The molecule has 0 aromatic carbocycles. The highest BCUT2D eigenvalue weighted by atomic mass is 35.5. The van der Waals surface area contributed by atoms with Crippen molar-refractivity contribution in [2.24, 2.45) is 0 Å². The first-order valence-corrected chi connectivity index (χ1v) is 6.51. The normalized spacial score (nSPS) is 15.8. The maximum atomic E-state index is 12.3. The van der Waals surface area contributed by atoms with E-state index in [0.29, 0.717) is 23.3 Å². The van der Waals surface area contributed by atoms with Crippen LogP contribution >= 0.6 is 11.6 Å². The molecule has 0 radical (unpaired) electrons. The number of likely N-dealkylation sites (N-methyl/N-ethyl adjacent to an activating group) is 1. The fraction of sp³-hybridized carbons (Fsp3) is 0.615. The number of aliphatic hydroxyl groups is 1. The van der Waals surface area contributed by atoms with Crippen molar-refractivity contribution in [2.45, 2.75) is 38.3 Å². The van der Waals surface area contributed by atoms with Crippen LogP contribution in [0.2, 0.25) is 5.02 Å². The molecule has 0 bridgehead atoms. The number of halogens is 1. The van der Waals surface area contributed by atoms with E-state index in [0.717, 1.165) is 12.8 Å². The van der Waals surface area contributed by atoms with Crippen LogP contribution in [0, 0.1) is 0 Å². The molecule has 0 unspecified atom stereocenters. The van der Waals surface area contributed by atoms with Gasteiger partial charge < -0.3 is 14.6 Å². The third-order valence-electron chi connectivity index (χ3n) is 2.95. The van der Waals surface area contributed by atoms with Crippen molar-refractivity contribution in [3.63, 3.8) is 0 Å². The van der Waals surface area contributed by atoms with E-state index >= 15 is 0 Å². The van der Waals surface area contributed by atoms with Gasteiger partial charge in [0.05, 0.1) is 10.6 Å². The first-order chi connectivity index (χ1) is 8.28. The molecule has 1 N–H and O–H groups in total. The zero-order valence-corrected chi connectivity index (χ0v) is 11.7. The Bertz CT molecular complexity index is 458. The summed E-state index contributed by atoms with van der Waals surface area (Å²) in [6.45, 7) is 3.66. The van der Waals surface area contributed by atoms with E-state index in [-0.39, 0.29) is 5.91 Å². The molecule has 5 heteroatoms. The lowest BCUT2D eigenvalue weighted by atomic mass is 10.1. The Morgan fingerprint density at radius 1 is 1.61 bits per heavy atom. The van der Waals surface area contributed by atoms with E-state index in [9.17, 15) is 9.90 Å². The van der Waals surface area contributed by atoms with Gasteiger partial charge in [-0.05, 0) is 32.8 Å². The van der Waals surface area contributed by atoms with Gasteiger partial charge in [-0.2, -0.15) is 0 Å². The van der Waals surface area contributed by atoms with Crippen molar-refractivity contribution >= 4 is 17.5 Å². The van der Waals surface area contributed by atoms with Crippen molar-refractivity contribution < 1.29 is 9.90 Å². The molecule has 1 fully saturated rings. The zero-order valence-electron chi connectivity index (χ0n) is 11.0. The minimum Gasteiger partial charge on any atom is -0.389 e. The van der Waals surface area contributed by atoms with E-state index in [4.69, 9.17) is 11.6 Å². The molecule has 1 saturated carbocycles. The topological polar surface area (TPSA) is 45.5 Å². The van der Waals surface area contributed by atoms with E-state index in [1.54, 1.807) is 27.0 Å². The van der Waals surface area contributed by atoms with Crippen LogP contribution in [0.5, 0.6) is 0 Å². The summed E-state index contributed by atoms with van der Waals surface area (Å²) >= 11 is 5.98. The van der Waals surface area contributed by atoms with Crippen LogP contribution in [0.25, 0.3) is 0 Å². The Kier molecular flexibility index (Phi) is 3.43. The lowest BCUT2D eigenvalue weighted by molar-refractivity contribution is 0.0362. The summed E-state index contributed by atoms with van der Waals surface area (Å²) in [5.74, 6) is -0.101. The summed E-state index contributed by atoms with van der Waals surface area (Å²) in [5.41, 5.74) is -0.292. The fourth-order valence-corrected chi connectivity index (χ4v) is 2.33. The van der Waals surface area contributed by atoms with Gasteiger partial charge in [0.15, 0.2) is 0 Å². The Labute approximate surface area is 112 Å². The summed E-state index contributed by atoms with van der Waals surface area (Å²) in [4.78, 5) is 13.9. The minimum absolute atomic E-state index is 0.101. The summed E-state index contributed by atoms with van der Waals surface area (Å²) < 4.78 is 1.95. The molecule has 1 aromatic heterocycles. The summed E-state index contributed by atoms with van der Waals surface area (Å²) in [6, 6.07) is 2.11. The Balaban J connectivity index is 2.17. The van der Waals surface area contributed by atoms with Gasteiger partial charge in [0.2, 0.25) is 0 Å². The second kappa shape index (κ2) is 4.59. The largest absolute Gasteiger partial charge is 0.389 e. The first-order valence-electron chi connectivity index (χ1n) is 6.13. The van der Waals surface area contributed by atoms with Crippen LogP contribution in [0.3, 0.4) is 0 Å². The van der Waals surface area contributed by atoms with Gasteiger partial charge in [-0.3, -0.25) is 4.79 Å². The second-order valence-electron chi connectivity index (χ2n) is 5.66. The molecule has 1 aliphatic rings. The van der Waals surface area contributed by atoms with Crippen LogP contribution in [-0.4, -0.2) is 39.7 Å². The number of nitrogens with zero attached hydrogens (tertiary/aromatic N) is 2. The van der Waals surface area contributed by atoms with E-state index in [2.05, 4.69) is 0 Å². The monoisotopic (exact) mass is 270 g/mol. The number of carbonyl (C=O) groups excluding carboxylic acids is 1. The molecule has 1 heterocycles. The highest BCUT2D eigenvalue weighted by molar-refractivity contribution is 6.31. The Morgan fingerprint density at radius 3 is 2.72 bits per heavy atom. The van der Waals surface area contributed by atoms with E-state index in [1.165, 1.54) is 4.90 Å². The van der Waals surface area contributed by atoms with Gasteiger partial charge in [-0.25, -0.2) is 0 Å². The molecule has 1 amide bonds. The van der Waals surface area contributed by atoms with Crippen molar-refractivity contribution in [3.8, 4) is 0 Å². The number of amides is 1. The van der Waals surface area contributed by atoms with Gasteiger partial charge in [0, 0.05) is 25.8 Å². The van der Waals surface area contributed by atoms with Crippen LogP contribution in [0.15, 0.2) is 12.3 Å². The summed E-state index contributed by atoms with van der Waals surface area (Å²) in [6.07, 6.45) is 4.01. The number of hydrogen-bond acceptors (Lipinski definition) is 2. The summed E-state index contributed by atoms with van der Waals surface area (Å²) in [7, 11) is 1.69. The fourth-order valence-electron chi connectivity index (χ4n) is 2.12. The van der Waals surface area contributed by atoms with Crippen LogP contribution in [-0.2, 0) is 0 Å². The van der Waals surface area contributed by atoms with Crippen molar-refractivity contribution in [1.82, 2.24) is 9.47 Å². The van der Waals surface area contributed by atoms with Crippen molar-refractivity contribution in [3.05, 3.63) is 23.0 Å². The average Bonchev–Trinajstić information content (AvgIpc) is 2.98. The maximum absolute atomic E-state index is 12.3. The molecule has 1 aliphatic carbocycles. The Morgan fingerprint density at radius 2 is 2.22 bits per heavy atom. The summed E-state index contributed by atoms with van der Waals surface area (Å²) in [5, 5.41) is 10.3. The van der Waals surface area contributed by atoms with Gasteiger partial charge in [0.25, 0.3) is 5.91 Å². The number of rotatable bonds is 4. The van der Waals surface area contributed by atoms with Crippen LogP contribution < -0.4 is 0 Å². The third kappa shape index (κ3) is 3.06. The molecule has 0 atom stereocenters. The molecule has 0 saturated heterocycles. The highest BCUT2D eigenvalue weighted by Crippen LogP contribution is 2.37. The molecule has 18 heavy (non-hydrogen) atoms. The second-order valence-corrected chi connectivity index (χ2v) is 6.09. The lowest BCUT2D eigenvalue weighted by Crippen LogP contribution is -2.40. The standard InChI is InChI=1S/C13H19ClN2O2/c1-13(2,18)8-15(3)12(17)11-6-9(14)7-16(11)10-4-5-10/h6-7,10,18H,4-5,8H2,1-3H3. The van der Waals surface area contributed by atoms with Gasteiger partial charge >= 0.3 is 0 Å². The zero-order chi connectivity index (χ0) is 13.5. The maximum Gasteiger partial charge on any atom is 0.270 e. The molecule has 2 rings (SSSR count). The highest BCUT2D eigenvalue weighted by Gasteiger charge is 2.29. The predicted octanol–water partition coefficient (Wildman–Crippen LogP) is 2.32. The molecular formula is C13H19ClN2O2. The number of hydrogen-bond donors (Lipinski definition) is 1. The van der Waals surface area contributed by atoms with E-state index in [1.807, 2.05) is 10.8 Å². The van der Waals surface area contributed by atoms with Crippen LogP contribution in [0.4, 0.5) is 0 Å². The molecule has 0 aliphatic heterocycles. The Hall–Kier alpha value is -1.00. The first kappa shape index (κ1) is 13.4. The minimum atomic E-state index is -0.898. The molecule has 4 nitrogen and oxygen atoms in total. The van der Waals surface area contributed by atoms with Gasteiger partial charge in [-0.15, -0.1) is 0 Å². The lowest BCUT2D eigenvalue weighted by Gasteiger charge is -2.25. The number of aromatic nitrogens is 1. The molecule has 100 valence electrons. The molecule has 0 spiro atoms. The van der Waals surface area contributed by atoms with Crippen molar-refractivity contribution in [1.29, 1.82) is 0 Å². The molecule has 1 aromatic rings. The van der Waals surface area contributed by atoms with Gasteiger partial charge in [-0.1, -0.05) is 11.6 Å². The van der Waals surface area contributed by atoms with Gasteiger partial charge in [0.1, 0.15) is 5.69 Å². The predicted molar refractivity (Wildman–Crippen MR) is 71.0 cm³/mol.